The van der Waals surface area contributed by atoms with Gasteiger partial charge in [-0.15, -0.1) is 0 Å². The molecule has 0 radical (unpaired) electrons. The van der Waals surface area contributed by atoms with Crippen molar-refractivity contribution in [2.75, 3.05) is 20.3 Å². The summed E-state index contributed by atoms with van der Waals surface area (Å²) < 4.78 is 31.3. The second-order valence-electron chi connectivity index (χ2n) is 9.74. The molecule has 214 valence electrons. The first-order valence-electron chi connectivity index (χ1n) is 14.1. The van der Waals surface area contributed by atoms with Crippen molar-refractivity contribution in [2.24, 2.45) is 0 Å². The van der Waals surface area contributed by atoms with Gasteiger partial charge in [0.25, 0.3) is 0 Å². The first kappa shape index (κ1) is 30.4. The highest BCUT2D eigenvalue weighted by Gasteiger charge is 2.31. The molecular formula is C36H40O5. The molecule has 0 unspecified atom stereocenters. The highest BCUT2D eigenvalue weighted by atomic mass is 16.6. The van der Waals surface area contributed by atoms with Crippen molar-refractivity contribution in [3.63, 3.8) is 0 Å². The van der Waals surface area contributed by atoms with E-state index in [1.165, 1.54) is 0 Å². The summed E-state index contributed by atoms with van der Waals surface area (Å²) >= 11 is 0. The first-order chi connectivity index (χ1) is 20.3. The Morgan fingerprint density at radius 1 is 0.537 bits per heavy atom. The van der Waals surface area contributed by atoms with Crippen LogP contribution < -0.4 is 0 Å². The van der Waals surface area contributed by atoms with Gasteiger partial charge in [0.15, 0.2) is 0 Å². The van der Waals surface area contributed by atoms with Crippen LogP contribution in [-0.2, 0) is 50.1 Å². The van der Waals surface area contributed by atoms with E-state index in [1.54, 1.807) is 7.11 Å². The Morgan fingerprint density at radius 3 is 1.46 bits per heavy atom. The van der Waals surface area contributed by atoms with Crippen molar-refractivity contribution >= 4 is 0 Å². The van der Waals surface area contributed by atoms with Crippen LogP contribution in [-0.4, -0.2) is 38.6 Å². The molecule has 0 N–H and O–H groups in total. The molecule has 0 spiro atoms. The molecule has 5 nitrogen and oxygen atoms in total. The normalized spacial score (nSPS) is 13.7. The lowest BCUT2D eigenvalue weighted by Crippen LogP contribution is -2.44. The Balaban J connectivity index is 1.58. The molecule has 0 aliphatic heterocycles. The summed E-state index contributed by atoms with van der Waals surface area (Å²) in [6.07, 6.45) is 2.71. The minimum absolute atomic E-state index is 0.338. The minimum atomic E-state index is -0.452. The molecule has 3 atom stereocenters. The van der Waals surface area contributed by atoms with Crippen LogP contribution in [0.25, 0.3) is 0 Å². The van der Waals surface area contributed by atoms with Gasteiger partial charge in [0, 0.05) is 7.11 Å². The summed E-state index contributed by atoms with van der Waals surface area (Å²) in [7, 11) is 1.68. The van der Waals surface area contributed by atoms with E-state index in [9.17, 15) is 0 Å². The molecule has 4 aromatic carbocycles. The molecule has 41 heavy (non-hydrogen) atoms. The zero-order chi connectivity index (χ0) is 28.4. The van der Waals surface area contributed by atoms with Gasteiger partial charge < -0.3 is 23.7 Å². The van der Waals surface area contributed by atoms with Gasteiger partial charge in [0.1, 0.15) is 18.3 Å². The third-order valence-corrected chi connectivity index (χ3v) is 6.55. The smallest absolute Gasteiger partial charge is 0.116 e. The highest BCUT2D eigenvalue weighted by Crippen LogP contribution is 2.21. The van der Waals surface area contributed by atoms with Crippen molar-refractivity contribution in [3.8, 4) is 0 Å². The Labute approximate surface area is 244 Å². The second kappa shape index (κ2) is 18.0. The van der Waals surface area contributed by atoms with Crippen molar-refractivity contribution in [2.45, 2.75) is 44.7 Å². The maximum Gasteiger partial charge on any atom is 0.116 e. The molecule has 0 heterocycles. The van der Waals surface area contributed by atoms with Gasteiger partial charge in [-0.25, -0.2) is 0 Å². The lowest BCUT2D eigenvalue weighted by Gasteiger charge is -2.32. The van der Waals surface area contributed by atoms with Crippen LogP contribution in [0.15, 0.2) is 133 Å². The predicted octanol–water partition coefficient (Wildman–Crippen LogP) is 7.16. The fourth-order valence-corrected chi connectivity index (χ4v) is 4.38. The summed E-state index contributed by atoms with van der Waals surface area (Å²) in [6, 6.07) is 40.6. The van der Waals surface area contributed by atoms with E-state index >= 15 is 0 Å². The number of methoxy groups -OCH3 is 1. The SMILES string of the molecule is COC/C=C/[C@H](OCc1ccccc1)[C@H](OCc1ccccc1)[C@@H](COCc1ccccc1)OCc1ccccc1. The van der Waals surface area contributed by atoms with Gasteiger partial charge >= 0.3 is 0 Å². The maximum absolute atomic E-state index is 6.64. The van der Waals surface area contributed by atoms with Crippen LogP contribution in [0, 0.1) is 0 Å². The van der Waals surface area contributed by atoms with Gasteiger partial charge in [-0.05, 0) is 22.3 Å². The maximum atomic E-state index is 6.64. The van der Waals surface area contributed by atoms with Gasteiger partial charge in [-0.2, -0.15) is 0 Å². The van der Waals surface area contributed by atoms with Crippen LogP contribution >= 0.6 is 0 Å². The Morgan fingerprint density at radius 2 is 0.976 bits per heavy atom. The molecule has 0 aliphatic rings. The summed E-state index contributed by atoms with van der Waals surface area (Å²) in [6.45, 7) is 2.56. The number of rotatable bonds is 18. The monoisotopic (exact) mass is 552 g/mol. The molecule has 0 saturated carbocycles. The minimum Gasteiger partial charge on any atom is -0.381 e. The van der Waals surface area contributed by atoms with E-state index in [2.05, 4.69) is 48.5 Å². The highest BCUT2D eigenvalue weighted by molar-refractivity contribution is 5.16. The predicted molar refractivity (Wildman–Crippen MR) is 162 cm³/mol. The molecule has 4 aromatic rings. The van der Waals surface area contributed by atoms with Gasteiger partial charge in [-0.1, -0.05) is 133 Å². The van der Waals surface area contributed by atoms with Gasteiger partial charge in [-0.3, -0.25) is 0 Å². The number of benzene rings is 4. The number of hydrogen-bond acceptors (Lipinski definition) is 5. The average molecular weight is 553 g/mol. The van der Waals surface area contributed by atoms with Crippen LogP contribution in [0.3, 0.4) is 0 Å². The largest absolute Gasteiger partial charge is 0.381 e. The molecular weight excluding hydrogens is 512 g/mol. The number of ether oxygens (including phenoxy) is 5. The topological polar surface area (TPSA) is 46.2 Å². The number of hydrogen-bond donors (Lipinski definition) is 0. The lowest BCUT2D eigenvalue weighted by molar-refractivity contribution is -0.157. The molecule has 0 fully saturated rings. The van der Waals surface area contributed by atoms with Crippen LogP contribution in [0.4, 0.5) is 0 Å². The van der Waals surface area contributed by atoms with Crippen LogP contribution in [0.2, 0.25) is 0 Å². The van der Waals surface area contributed by atoms with E-state index in [-0.39, 0.29) is 0 Å². The third-order valence-electron chi connectivity index (χ3n) is 6.55. The van der Waals surface area contributed by atoms with E-state index < -0.39 is 18.3 Å². The molecule has 0 bridgehead atoms. The summed E-state index contributed by atoms with van der Waals surface area (Å²) in [5.41, 5.74) is 4.35. The molecule has 0 aromatic heterocycles. The lowest BCUT2D eigenvalue weighted by atomic mass is 10.1. The van der Waals surface area contributed by atoms with E-state index in [4.69, 9.17) is 23.7 Å². The molecule has 4 rings (SSSR count). The molecule has 0 aliphatic carbocycles. The zero-order valence-corrected chi connectivity index (χ0v) is 23.7. The fraction of sp³-hybridized carbons (Fsp3) is 0.278. The molecule has 0 amide bonds. The van der Waals surface area contributed by atoms with Crippen LogP contribution in [0.5, 0.6) is 0 Å². The van der Waals surface area contributed by atoms with Crippen molar-refractivity contribution in [1.29, 1.82) is 0 Å². The Bertz CT molecular complexity index is 1230. The zero-order valence-electron chi connectivity index (χ0n) is 23.7. The Hall–Kier alpha value is -3.58. The van der Waals surface area contributed by atoms with Crippen LogP contribution in [0.1, 0.15) is 22.3 Å². The van der Waals surface area contributed by atoms with E-state index in [0.29, 0.717) is 39.6 Å². The summed E-state index contributed by atoms with van der Waals surface area (Å²) in [5, 5.41) is 0. The van der Waals surface area contributed by atoms with Gasteiger partial charge in [0.05, 0.1) is 39.6 Å². The first-order valence-corrected chi connectivity index (χ1v) is 14.1. The molecule has 0 saturated heterocycles. The summed E-state index contributed by atoms with van der Waals surface area (Å²) in [5.74, 6) is 0. The van der Waals surface area contributed by atoms with E-state index in [0.717, 1.165) is 22.3 Å². The van der Waals surface area contributed by atoms with E-state index in [1.807, 2.05) is 84.9 Å². The van der Waals surface area contributed by atoms with Crippen molar-refractivity contribution < 1.29 is 23.7 Å². The second-order valence-corrected chi connectivity index (χ2v) is 9.74. The third kappa shape index (κ3) is 11.1. The van der Waals surface area contributed by atoms with Crippen molar-refractivity contribution in [3.05, 3.63) is 156 Å². The quantitative estimate of drug-likeness (QED) is 0.123. The molecule has 5 heteroatoms. The average Bonchev–Trinajstić information content (AvgIpc) is 3.03. The van der Waals surface area contributed by atoms with Gasteiger partial charge in [0.2, 0.25) is 0 Å². The summed E-state index contributed by atoms with van der Waals surface area (Å²) in [4.78, 5) is 0. The fourth-order valence-electron chi connectivity index (χ4n) is 4.38. The standard InChI is InChI=1S/C36H40O5/c1-37-24-14-23-34(39-26-31-17-8-3-9-18-31)36(41-28-33-21-12-5-13-22-33)35(40-27-32-19-10-4-11-20-32)29-38-25-30-15-6-2-7-16-30/h2-23,34-36H,24-29H2,1H3/b23-14+/t34-,35+,36-/m0/s1. The van der Waals surface area contributed by atoms with Crippen molar-refractivity contribution in [1.82, 2.24) is 0 Å². The Kier molecular flexibility index (Phi) is 13.3.